The zero-order chi connectivity index (χ0) is 18.4. The van der Waals surface area contributed by atoms with E-state index in [9.17, 15) is 15.2 Å². The van der Waals surface area contributed by atoms with Crippen LogP contribution in [0.3, 0.4) is 0 Å². The first-order valence-corrected chi connectivity index (χ1v) is 8.42. The van der Waals surface area contributed by atoms with Gasteiger partial charge >= 0.3 is 0 Å². The molecule has 1 heterocycles. The highest BCUT2D eigenvalue weighted by molar-refractivity contribution is 5.91. The zero-order valence-corrected chi connectivity index (χ0v) is 14.2. The standard InChI is InChI=1S/C19H21N4O3/c24-19(22-25)10-7-14-5-8-16(9-6-14)21-23(26)12-11-15-13-20-18-4-2-1-3-17(15)18/h1-10,15,20,26H,11-13H2,(H2-,21,22,24,25)/q-1. The summed E-state index contributed by atoms with van der Waals surface area (Å²) < 4.78 is 0. The number of carbonyl (C=O) groups excluding carboxylic acids is 1. The highest BCUT2D eigenvalue weighted by Gasteiger charge is 2.21. The van der Waals surface area contributed by atoms with Crippen molar-refractivity contribution in [2.45, 2.75) is 12.3 Å². The lowest BCUT2D eigenvalue weighted by Crippen LogP contribution is -2.28. The Morgan fingerprint density at radius 3 is 2.81 bits per heavy atom. The van der Waals surface area contributed by atoms with Gasteiger partial charge in [-0.15, -0.1) is 5.17 Å². The molecule has 0 spiro atoms. The van der Waals surface area contributed by atoms with Crippen LogP contribution >= 0.6 is 0 Å². The summed E-state index contributed by atoms with van der Waals surface area (Å²) in [6, 6.07) is 15.4. The number of anilines is 2. The van der Waals surface area contributed by atoms with Gasteiger partial charge in [-0.25, -0.2) is 0 Å². The average molecular weight is 353 g/mol. The monoisotopic (exact) mass is 353 g/mol. The van der Waals surface area contributed by atoms with E-state index in [4.69, 9.17) is 0 Å². The molecule has 1 aliphatic heterocycles. The number of nitrogens with one attached hydrogen (secondary N) is 3. The van der Waals surface area contributed by atoms with Crippen LogP contribution in [0.5, 0.6) is 0 Å². The van der Waals surface area contributed by atoms with E-state index in [0.717, 1.165) is 29.4 Å². The highest BCUT2D eigenvalue weighted by Crippen LogP contribution is 2.33. The smallest absolute Gasteiger partial charge is 0.233 e. The van der Waals surface area contributed by atoms with Gasteiger partial charge in [0.05, 0.1) is 5.69 Å². The molecule has 1 amide bonds. The van der Waals surface area contributed by atoms with E-state index in [1.165, 1.54) is 28.9 Å². The van der Waals surface area contributed by atoms with Gasteiger partial charge in [-0.05, 0) is 41.8 Å². The van der Waals surface area contributed by atoms with Crippen LogP contribution in [0.1, 0.15) is 23.5 Å². The third-order valence-corrected chi connectivity index (χ3v) is 4.33. The summed E-state index contributed by atoms with van der Waals surface area (Å²) in [6.45, 7) is 1.36. The number of carbonyl (C=O) groups is 1. The van der Waals surface area contributed by atoms with Crippen molar-refractivity contribution < 1.29 is 10.0 Å². The van der Waals surface area contributed by atoms with E-state index in [-0.39, 0.29) is 0 Å². The first kappa shape index (κ1) is 17.9. The lowest BCUT2D eigenvalue weighted by Gasteiger charge is -2.19. The van der Waals surface area contributed by atoms with Crippen molar-refractivity contribution in [1.82, 2.24) is 10.7 Å². The van der Waals surface area contributed by atoms with Gasteiger partial charge in [0.2, 0.25) is 5.91 Å². The molecule has 2 aromatic rings. The predicted octanol–water partition coefficient (Wildman–Crippen LogP) is 2.93. The Morgan fingerprint density at radius 1 is 1.27 bits per heavy atom. The highest BCUT2D eigenvalue weighted by atomic mass is 16.5. The molecule has 0 saturated carbocycles. The van der Waals surface area contributed by atoms with Crippen molar-refractivity contribution in [3.63, 3.8) is 0 Å². The minimum absolute atomic E-state index is 0.377. The largest absolute Gasteiger partial charge is 0.759 e. The fraction of sp³-hybridized carbons (Fsp3) is 0.211. The van der Waals surface area contributed by atoms with E-state index < -0.39 is 5.91 Å². The molecule has 2 aromatic carbocycles. The number of benzene rings is 2. The molecule has 0 bridgehead atoms. The second-order valence-corrected chi connectivity index (χ2v) is 6.11. The molecule has 1 unspecified atom stereocenters. The number of para-hydroxylation sites is 1. The quantitative estimate of drug-likeness (QED) is 0.451. The van der Waals surface area contributed by atoms with Crippen LogP contribution in [-0.4, -0.2) is 29.4 Å². The second-order valence-electron chi connectivity index (χ2n) is 6.11. The van der Waals surface area contributed by atoms with Crippen LogP contribution in [0.4, 0.5) is 11.4 Å². The predicted molar refractivity (Wildman–Crippen MR) is 101 cm³/mol. The minimum Gasteiger partial charge on any atom is -0.759 e. The molecule has 0 saturated heterocycles. The van der Waals surface area contributed by atoms with Gasteiger partial charge in [-0.1, -0.05) is 30.3 Å². The molecule has 7 nitrogen and oxygen atoms in total. The summed E-state index contributed by atoms with van der Waals surface area (Å²) in [5, 5.41) is 24.7. The van der Waals surface area contributed by atoms with Crippen LogP contribution in [0, 0.1) is 5.21 Å². The lowest BCUT2D eigenvalue weighted by atomic mass is 9.98. The number of rotatable bonds is 7. The molecule has 4 N–H and O–H groups in total. The molecule has 3 rings (SSSR count). The number of hydrogen-bond donors (Lipinski definition) is 4. The van der Waals surface area contributed by atoms with Crippen molar-refractivity contribution in [2.75, 3.05) is 23.8 Å². The number of amides is 1. The van der Waals surface area contributed by atoms with Crippen LogP contribution in [0.25, 0.3) is 6.08 Å². The first-order valence-electron chi connectivity index (χ1n) is 8.42. The summed E-state index contributed by atoms with van der Waals surface area (Å²) in [4.78, 5) is 10.9. The number of hydrogen-bond acceptors (Lipinski definition) is 6. The third-order valence-electron chi connectivity index (χ3n) is 4.33. The fourth-order valence-electron chi connectivity index (χ4n) is 2.97. The molecule has 0 fully saturated rings. The summed E-state index contributed by atoms with van der Waals surface area (Å²) in [5.74, 6) is -0.320. The fourth-order valence-corrected chi connectivity index (χ4v) is 2.97. The van der Waals surface area contributed by atoms with E-state index in [2.05, 4.69) is 22.9 Å². The Morgan fingerprint density at radius 2 is 2.04 bits per heavy atom. The average Bonchev–Trinajstić information content (AvgIpc) is 3.09. The van der Waals surface area contributed by atoms with Gasteiger partial charge in [0.25, 0.3) is 0 Å². The number of hydrazine groups is 1. The summed E-state index contributed by atoms with van der Waals surface area (Å²) in [6.07, 6.45) is 3.53. The van der Waals surface area contributed by atoms with Crippen LogP contribution in [0.15, 0.2) is 54.6 Å². The lowest BCUT2D eigenvalue weighted by molar-refractivity contribution is -0.115. The van der Waals surface area contributed by atoms with Crippen molar-refractivity contribution in [2.24, 2.45) is 0 Å². The van der Waals surface area contributed by atoms with Gasteiger partial charge in [0.1, 0.15) is 0 Å². The van der Waals surface area contributed by atoms with Gasteiger partial charge in [-0.3, -0.25) is 15.4 Å². The Bertz CT molecular complexity index is 777. The van der Waals surface area contributed by atoms with Gasteiger partial charge in [-0.2, -0.15) is 0 Å². The van der Waals surface area contributed by atoms with E-state index in [1.54, 1.807) is 24.3 Å². The van der Waals surface area contributed by atoms with E-state index >= 15 is 0 Å². The Balaban J connectivity index is 1.48. The number of fused-ring (bicyclic) bond motifs is 1. The maximum Gasteiger partial charge on any atom is 0.233 e. The molecule has 1 atom stereocenters. The normalized spacial score (nSPS) is 15.7. The van der Waals surface area contributed by atoms with Crippen LogP contribution < -0.4 is 16.2 Å². The van der Waals surface area contributed by atoms with Gasteiger partial charge in [0, 0.05) is 30.8 Å². The number of hydroxylamine groups is 2. The summed E-state index contributed by atoms with van der Waals surface area (Å²) in [7, 11) is 0. The summed E-state index contributed by atoms with van der Waals surface area (Å²) >= 11 is 0. The zero-order valence-electron chi connectivity index (χ0n) is 14.2. The second kappa shape index (κ2) is 8.48. The summed E-state index contributed by atoms with van der Waals surface area (Å²) in [5.41, 5.74) is 8.15. The molecule has 136 valence electrons. The van der Waals surface area contributed by atoms with Crippen LogP contribution in [0.2, 0.25) is 0 Å². The van der Waals surface area contributed by atoms with Crippen molar-refractivity contribution in [3.8, 4) is 0 Å². The molecule has 0 aromatic heterocycles. The topological polar surface area (TPSA) is 99.7 Å². The van der Waals surface area contributed by atoms with Gasteiger partial charge in [0.15, 0.2) is 0 Å². The molecule has 7 heteroatoms. The Kier molecular flexibility index (Phi) is 5.85. The first-order chi connectivity index (χ1) is 12.7. The molecule has 0 aliphatic carbocycles. The SMILES string of the molecule is O=C(/C=C/c1ccc(NN(O)CCC2CNc3ccccc32)cc1)N[O-]. The van der Waals surface area contributed by atoms with E-state index in [0.29, 0.717) is 12.5 Å². The van der Waals surface area contributed by atoms with Crippen molar-refractivity contribution >= 4 is 23.4 Å². The van der Waals surface area contributed by atoms with Crippen molar-refractivity contribution in [3.05, 3.63) is 70.9 Å². The van der Waals surface area contributed by atoms with Gasteiger partial charge < -0.3 is 16.0 Å². The third kappa shape index (κ3) is 4.60. The maximum absolute atomic E-state index is 10.9. The molecule has 0 radical (unpaired) electrons. The molecule has 26 heavy (non-hydrogen) atoms. The Hall–Kier alpha value is -2.87. The van der Waals surface area contributed by atoms with E-state index in [1.807, 2.05) is 12.1 Å². The Labute approximate surface area is 151 Å². The maximum atomic E-state index is 10.9. The van der Waals surface area contributed by atoms with Crippen molar-refractivity contribution in [1.29, 1.82) is 0 Å². The number of nitrogens with zero attached hydrogens (tertiary/aromatic N) is 1. The minimum atomic E-state index is -0.697. The molecular formula is C19H21N4O3-. The molecule has 1 aliphatic rings. The van der Waals surface area contributed by atoms with Crippen LogP contribution in [-0.2, 0) is 4.79 Å². The molecular weight excluding hydrogens is 332 g/mol.